The van der Waals surface area contributed by atoms with Crippen molar-refractivity contribution >= 4 is 24.0 Å². The molecule has 0 amide bonds. The second-order valence-electron chi connectivity index (χ2n) is 3.95. The van der Waals surface area contributed by atoms with E-state index in [0.29, 0.717) is 5.02 Å². The van der Waals surface area contributed by atoms with Gasteiger partial charge in [0.25, 0.3) is 0 Å². The van der Waals surface area contributed by atoms with Gasteiger partial charge in [-0.25, -0.2) is 4.39 Å². The fourth-order valence-electron chi connectivity index (χ4n) is 1.64. The summed E-state index contributed by atoms with van der Waals surface area (Å²) >= 11 is 5.91. The van der Waals surface area contributed by atoms with E-state index in [2.05, 4.69) is 0 Å². The number of nitrogens with two attached hydrogens (primary N) is 1. The van der Waals surface area contributed by atoms with E-state index in [4.69, 9.17) is 17.3 Å². The van der Waals surface area contributed by atoms with Crippen molar-refractivity contribution in [1.82, 2.24) is 0 Å². The zero-order valence-corrected chi connectivity index (χ0v) is 9.82. The third-order valence-corrected chi connectivity index (χ3v) is 2.97. The third-order valence-electron chi connectivity index (χ3n) is 2.65. The molecule has 0 heterocycles. The van der Waals surface area contributed by atoms with Crippen molar-refractivity contribution in [1.29, 1.82) is 0 Å². The molecule has 1 saturated carbocycles. The summed E-state index contributed by atoms with van der Waals surface area (Å²) in [6, 6.07) is 4.37. The van der Waals surface area contributed by atoms with Gasteiger partial charge in [-0.05, 0) is 30.0 Å². The Morgan fingerprint density at radius 2 is 2.13 bits per heavy atom. The highest BCUT2D eigenvalue weighted by atomic mass is 35.5. The van der Waals surface area contributed by atoms with Gasteiger partial charge in [-0.3, -0.25) is 0 Å². The Morgan fingerprint density at radius 1 is 1.47 bits per heavy atom. The van der Waals surface area contributed by atoms with Crippen LogP contribution in [0.4, 0.5) is 4.39 Å². The lowest BCUT2D eigenvalue weighted by Gasteiger charge is -2.12. The normalized spacial score (nSPS) is 17.0. The Morgan fingerprint density at radius 3 is 2.67 bits per heavy atom. The lowest BCUT2D eigenvalue weighted by atomic mass is 10.0. The van der Waals surface area contributed by atoms with Crippen LogP contribution >= 0.6 is 24.0 Å². The molecule has 1 aliphatic rings. The van der Waals surface area contributed by atoms with Gasteiger partial charge in [-0.1, -0.05) is 30.5 Å². The topological polar surface area (TPSA) is 26.0 Å². The first-order valence-electron chi connectivity index (χ1n) is 4.87. The largest absolute Gasteiger partial charge is 0.324 e. The minimum atomic E-state index is -0.308. The minimum absolute atomic E-state index is 0. The van der Waals surface area contributed by atoms with Gasteiger partial charge in [0.2, 0.25) is 0 Å². The first-order chi connectivity index (χ1) is 6.66. The van der Waals surface area contributed by atoms with Crippen LogP contribution < -0.4 is 5.73 Å². The molecule has 1 aromatic carbocycles. The summed E-state index contributed by atoms with van der Waals surface area (Å²) < 4.78 is 12.8. The summed E-state index contributed by atoms with van der Waals surface area (Å²) in [7, 11) is 0. The second kappa shape index (κ2) is 5.15. The molecule has 0 spiro atoms. The molecule has 0 radical (unpaired) electrons. The van der Waals surface area contributed by atoms with Gasteiger partial charge in [-0.2, -0.15) is 0 Å². The van der Waals surface area contributed by atoms with E-state index in [1.807, 2.05) is 0 Å². The van der Waals surface area contributed by atoms with E-state index in [9.17, 15) is 4.39 Å². The molecule has 0 unspecified atom stereocenters. The van der Waals surface area contributed by atoms with Gasteiger partial charge in [-0.15, -0.1) is 12.4 Å². The Bertz CT molecular complexity index is 339. The van der Waals surface area contributed by atoms with Crippen molar-refractivity contribution in [3.63, 3.8) is 0 Å². The van der Waals surface area contributed by atoms with Gasteiger partial charge in [0.15, 0.2) is 0 Å². The van der Waals surface area contributed by atoms with Gasteiger partial charge in [0, 0.05) is 11.1 Å². The first-order valence-corrected chi connectivity index (χ1v) is 5.25. The molecule has 0 aromatic heterocycles. The number of hydrogen-bond acceptors (Lipinski definition) is 1. The van der Waals surface area contributed by atoms with Crippen molar-refractivity contribution in [2.24, 2.45) is 11.7 Å². The maximum absolute atomic E-state index is 12.8. The van der Waals surface area contributed by atoms with E-state index in [0.717, 1.165) is 17.9 Å². The van der Waals surface area contributed by atoms with Crippen LogP contribution in [0.25, 0.3) is 0 Å². The van der Waals surface area contributed by atoms with Gasteiger partial charge in [0.05, 0.1) is 0 Å². The molecule has 1 aliphatic carbocycles. The lowest BCUT2D eigenvalue weighted by Crippen LogP contribution is -2.11. The van der Waals surface area contributed by atoms with E-state index in [1.165, 1.54) is 25.0 Å². The molecule has 0 bridgehead atoms. The fourth-order valence-corrected chi connectivity index (χ4v) is 1.95. The third kappa shape index (κ3) is 3.33. The molecule has 1 atom stereocenters. The van der Waals surface area contributed by atoms with Gasteiger partial charge in [0.1, 0.15) is 5.82 Å². The number of benzene rings is 1. The zero-order chi connectivity index (χ0) is 10.1. The molecule has 15 heavy (non-hydrogen) atoms. The Hall–Kier alpha value is -0.310. The maximum Gasteiger partial charge on any atom is 0.124 e. The smallest absolute Gasteiger partial charge is 0.124 e. The summed E-state index contributed by atoms with van der Waals surface area (Å²) in [5.74, 6) is 0.448. The molecule has 84 valence electrons. The molecule has 2 rings (SSSR count). The Kier molecular flexibility index (Phi) is 4.38. The van der Waals surface area contributed by atoms with Crippen molar-refractivity contribution in [3.8, 4) is 0 Å². The first kappa shape index (κ1) is 12.8. The fraction of sp³-hybridized carbons (Fsp3) is 0.455. The SMILES string of the molecule is Cl.N[C@@H](CC1CC1)c1ccc(F)cc1Cl. The second-order valence-corrected chi connectivity index (χ2v) is 4.36. The van der Waals surface area contributed by atoms with E-state index in [1.54, 1.807) is 6.07 Å². The molecule has 1 nitrogen and oxygen atoms in total. The van der Waals surface area contributed by atoms with Crippen LogP contribution in [-0.4, -0.2) is 0 Å². The molecule has 2 N–H and O–H groups in total. The van der Waals surface area contributed by atoms with Crippen molar-refractivity contribution < 1.29 is 4.39 Å². The Balaban J connectivity index is 0.00000112. The number of hydrogen-bond donors (Lipinski definition) is 1. The minimum Gasteiger partial charge on any atom is -0.324 e. The highest BCUT2D eigenvalue weighted by Crippen LogP contribution is 2.38. The van der Waals surface area contributed by atoms with Crippen LogP contribution in [0.2, 0.25) is 5.02 Å². The van der Waals surface area contributed by atoms with Crippen LogP contribution in [-0.2, 0) is 0 Å². The average Bonchev–Trinajstić information content (AvgIpc) is 2.87. The maximum atomic E-state index is 12.8. The molecular weight excluding hydrogens is 236 g/mol. The molecule has 0 aliphatic heterocycles. The molecule has 1 fully saturated rings. The van der Waals surface area contributed by atoms with Gasteiger partial charge >= 0.3 is 0 Å². The van der Waals surface area contributed by atoms with E-state index < -0.39 is 0 Å². The van der Waals surface area contributed by atoms with E-state index >= 15 is 0 Å². The number of halogens is 3. The monoisotopic (exact) mass is 249 g/mol. The molecular formula is C11H14Cl2FN. The predicted molar refractivity (Wildman–Crippen MR) is 62.9 cm³/mol. The summed E-state index contributed by atoms with van der Waals surface area (Å²) in [5.41, 5.74) is 6.84. The van der Waals surface area contributed by atoms with Crippen molar-refractivity contribution in [2.75, 3.05) is 0 Å². The van der Waals surface area contributed by atoms with Crippen LogP contribution in [0.3, 0.4) is 0 Å². The predicted octanol–water partition coefficient (Wildman–Crippen LogP) is 3.70. The summed E-state index contributed by atoms with van der Waals surface area (Å²) in [6.07, 6.45) is 3.50. The highest BCUT2D eigenvalue weighted by Gasteiger charge is 2.25. The zero-order valence-electron chi connectivity index (χ0n) is 8.25. The van der Waals surface area contributed by atoms with Crippen LogP contribution in [0.5, 0.6) is 0 Å². The Labute approximate surface area is 100 Å². The molecule has 0 saturated heterocycles. The quantitative estimate of drug-likeness (QED) is 0.869. The van der Waals surface area contributed by atoms with Crippen molar-refractivity contribution in [2.45, 2.75) is 25.3 Å². The molecule has 4 heteroatoms. The van der Waals surface area contributed by atoms with Crippen LogP contribution in [0.15, 0.2) is 18.2 Å². The molecule has 1 aromatic rings. The summed E-state index contributed by atoms with van der Waals surface area (Å²) in [5, 5.41) is 0.443. The number of rotatable bonds is 3. The van der Waals surface area contributed by atoms with Crippen molar-refractivity contribution in [3.05, 3.63) is 34.6 Å². The van der Waals surface area contributed by atoms with Crippen LogP contribution in [0, 0.1) is 11.7 Å². The van der Waals surface area contributed by atoms with E-state index in [-0.39, 0.29) is 24.3 Å². The average molecular weight is 250 g/mol. The lowest BCUT2D eigenvalue weighted by molar-refractivity contribution is 0.591. The van der Waals surface area contributed by atoms with Crippen LogP contribution in [0.1, 0.15) is 30.9 Å². The highest BCUT2D eigenvalue weighted by molar-refractivity contribution is 6.31. The summed E-state index contributed by atoms with van der Waals surface area (Å²) in [6.45, 7) is 0. The standard InChI is InChI=1S/C11H13ClFN.ClH/c12-10-6-8(13)3-4-9(10)11(14)5-7-1-2-7;/h3-4,6-7,11H,1-2,5,14H2;1H/t11-;/m0./s1. The summed E-state index contributed by atoms with van der Waals surface area (Å²) in [4.78, 5) is 0. The van der Waals surface area contributed by atoms with Gasteiger partial charge < -0.3 is 5.73 Å².